The Balaban J connectivity index is 0. The van der Waals surface area contributed by atoms with E-state index in [0.29, 0.717) is 5.56 Å². The number of amides is 1. The fourth-order valence-corrected chi connectivity index (χ4v) is 1.55. The molecule has 1 amide bonds. The molecule has 2 aromatic rings. The number of aryl methyl sites for hydroxylation is 2. The third-order valence-electron chi connectivity index (χ3n) is 2.62. The van der Waals surface area contributed by atoms with E-state index in [4.69, 9.17) is 0 Å². The summed E-state index contributed by atoms with van der Waals surface area (Å²) in [6.45, 7) is 16.0. The molecule has 0 saturated heterocycles. The first-order valence-electron chi connectivity index (χ1n) is 8.60. The van der Waals surface area contributed by atoms with Crippen LogP contribution in [0.3, 0.4) is 0 Å². The molecule has 0 fully saturated rings. The van der Waals surface area contributed by atoms with Gasteiger partial charge in [-0.05, 0) is 38.1 Å². The van der Waals surface area contributed by atoms with Crippen LogP contribution in [0.2, 0.25) is 0 Å². The molecule has 0 aromatic heterocycles. The molecule has 0 aliphatic heterocycles. The van der Waals surface area contributed by atoms with Gasteiger partial charge in [0.15, 0.2) is 0 Å². The van der Waals surface area contributed by atoms with Gasteiger partial charge in [0.05, 0.1) is 0 Å². The SMILES string of the molecule is CC.CC.CC.Cc1ccc(NC(=O)c2ccc(C)cc2)cc1. The third kappa shape index (κ3) is 9.51. The van der Waals surface area contributed by atoms with Crippen molar-refractivity contribution in [3.8, 4) is 0 Å². The highest BCUT2D eigenvalue weighted by atomic mass is 16.1. The average Bonchev–Trinajstić information content (AvgIpc) is 2.63. The number of anilines is 1. The van der Waals surface area contributed by atoms with Crippen molar-refractivity contribution >= 4 is 11.6 Å². The standard InChI is InChI=1S/C15H15NO.3C2H6/c1-11-3-7-13(8-4-11)15(17)16-14-9-5-12(2)6-10-14;3*1-2/h3-10H,1-2H3,(H,16,17);3*1-2H3. The van der Waals surface area contributed by atoms with Crippen molar-refractivity contribution in [3.05, 3.63) is 65.2 Å². The van der Waals surface area contributed by atoms with Gasteiger partial charge in [0.2, 0.25) is 0 Å². The lowest BCUT2D eigenvalue weighted by Gasteiger charge is -2.05. The van der Waals surface area contributed by atoms with E-state index in [9.17, 15) is 4.79 Å². The van der Waals surface area contributed by atoms with Gasteiger partial charge in [0.25, 0.3) is 5.91 Å². The maximum absolute atomic E-state index is 11.9. The summed E-state index contributed by atoms with van der Waals surface area (Å²) < 4.78 is 0. The fourth-order valence-electron chi connectivity index (χ4n) is 1.55. The maximum Gasteiger partial charge on any atom is 0.255 e. The number of hydrogen-bond donors (Lipinski definition) is 1. The Bertz CT molecular complexity index is 513. The highest BCUT2D eigenvalue weighted by Crippen LogP contribution is 2.11. The van der Waals surface area contributed by atoms with Gasteiger partial charge < -0.3 is 5.32 Å². The predicted molar refractivity (Wildman–Crippen MR) is 104 cm³/mol. The number of carbonyl (C=O) groups is 1. The summed E-state index contributed by atoms with van der Waals surface area (Å²) in [5.41, 5.74) is 3.83. The molecule has 2 heteroatoms. The van der Waals surface area contributed by atoms with E-state index in [1.807, 2.05) is 104 Å². The van der Waals surface area contributed by atoms with E-state index in [-0.39, 0.29) is 5.91 Å². The van der Waals surface area contributed by atoms with Crippen molar-refractivity contribution in [2.75, 3.05) is 5.32 Å². The second-order valence-electron chi connectivity index (χ2n) is 4.19. The van der Waals surface area contributed by atoms with Crippen LogP contribution in [0.25, 0.3) is 0 Å². The zero-order valence-electron chi connectivity index (χ0n) is 16.0. The lowest BCUT2D eigenvalue weighted by Crippen LogP contribution is -2.11. The summed E-state index contributed by atoms with van der Waals surface area (Å²) >= 11 is 0. The van der Waals surface area contributed by atoms with E-state index in [1.165, 1.54) is 5.56 Å². The maximum atomic E-state index is 11.9. The smallest absolute Gasteiger partial charge is 0.255 e. The van der Waals surface area contributed by atoms with Gasteiger partial charge in [-0.2, -0.15) is 0 Å². The molecule has 0 saturated carbocycles. The van der Waals surface area contributed by atoms with Crippen molar-refractivity contribution in [1.82, 2.24) is 0 Å². The van der Waals surface area contributed by atoms with E-state index in [1.54, 1.807) is 0 Å². The van der Waals surface area contributed by atoms with Crippen LogP contribution in [0.1, 0.15) is 63.0 Å². The van der Waals surface area contributed by atoms with Crippen LogP contribution in [-0.2, 0) is 0 Å². The van der Waals surface area contributed by atoms with Gasteiger partial charge in [0.1, 0.15) is 0 Å². The topological polar surface area (TPSA) is 29.1 Å². The normalized spacial score (nSPS) is 8.17. The Hall–Kier alpha value is -2.09. The number of benzene rings is 2. The molecular weight excluding hydrogens is 282 g/mol. The monoisotopic (exact) mass is 315 g/mol. The van der Waals surface area contributed by atoms with Crippen LogP contribution < -0.4 is 5.32 Å². The van der Waals surface area contributed by atoms with Crippen molar-refractivity contribution in [3.63, 3.8) is 0 Å². The van der Waals surface area contributed by atoms with Gasteiger partial charge in [-0.25, -0.2) is 0 Å². The van der Waals surface area contributed by atoms with Crippen LogP contribution in [0.5, 0.6) is 0 Å². The summed E-state index contributed by atoms with van der Waals surface area (Å²) in [5, 5.41) is 2.87. The summed E-state index contributed by atoms with van der Waals surface area (Å²) in [6.07, 6.45) is 0. The lowest BCUT2D eigenvalue weighted by molar-refractivity contribution is 0.102. The first-order valence-corrected chi connectivity index (χ1v) is 8.60. The first-order chi connectivity index (χ1) is 11.1. The number of rotatable bonds is 2. The van der Waals surface area contributed by atoms with E-state index in [0.717, 1.165) is 11.3 Å². The number of hydrogen-bond acceptors (Lipinski definition) is 1. The van der Waals surface area contributed by atoms with Gasteiger partial charge in [-0.1, -0.05) is 76.9 Å². The Morgan fingerprint density at radius 1 is 0.652 bits per heavy atom. The van der Waals surface area contributed by atoms with Crippen LogP contribution >= 0.6 is 0 Å². The Kier molecular flexibility index (Phi) is 14.9. The molecule has 0 radical (unpaired) electrons. The molecule has 0 aliphatic carbocycles. The lowest BCUT2D eigenvalue weighted by atomic mass is 10.1. The molecule has 0 unspecified atom stereocenters. The summed E-state index contributed by atoms with van der Waals surface area (Å²) in [6, 6.07) is 15.3. The van der Waals surface area contributed by atoms with E-state index >= 15 is 0 Å². The Labute approximate surface area is 143 Å². The predicted octanol–water partition coefficient (Wildman–Crippen LogP) is 6.63. The molecule has 128 valence electrons. The van der Waals surface area contributed by atoms with Gasteiger partial charge in [-0.3, -0.25) is 4.79 Å². The van der Waals surface area contributed by atoms with Gasteiger partial charge in [0, 0.05) is 11.3 Å². The summed E-state index contributed by atoms with van der Waals surface area (Å²) in [5.74, 6) is -0.0751. The zero-order valence-corrected chi connectivity index (χ0v) is 16.0. The number of carbonyl (C=O) groups excluding carboxylic acids is 1. The van der Waals surface area contributed by atoms with Crippen molar-refractivity contribution in [2.24, 2.45) is 0 Å². The largest absolute Gasteiger partial charge is 0.322 e. The Morgan fingerprint density at radius 2 is 1.00 bits per heavy atom. The molecule has 2 rings (SSSR count). The molecule has 0 heterocycles. The summed E-state index contributed by atoms with van der Waals surface area (Å²) in [7, 11) is 0. The van der Waals surface area contributed by atoms with Crippen LogP contribution in [0.4, 0.5) is 5.69 Å². The minimum absolute atomic E-state index is 0.0751. The van der Waals surface area contributed by atoms with E-state index < -0.39 is 0 Å². The molecule has 0 atom stereocenters. The second kappa shape index (κ2) is 14.8. The number of nitrogens with one attached hydrogen (secondary N) is 1. The van der Waals surface area contributed by atoms with Gasteiger partial charge >= 0.3 is 0 Å². The molecule has 1 N–H and O–H groups in total. The van der Waals surface area contributed by atoms with Crippen LogP contribution in [-0.4, -0.2) is 5.91 Å². The first kappa shape index (κ1) is 23.2. The van der Waals surface area contributed by atoms with Crippen molar-refractivity contribution in [2.45, 2.75) is 55.4 Å². The molecule has 23 heavy (non-hydrogen) atoms. The Morgan fingerprint density at radius 3 is 1.39 bits per heavy atom. The second-order valence-corrected chi connectivity index (χ2v) is 4.19. The quantitative estimate of drug-likeness (QED) is 0.661. The molecular formula is C21H33NO. The molecule has 2 nitrogen and oxygen atoms in total. The van der Waals surface area contributed by atoms with E-state index in [2.05, 4.69) is 5.32 Å². The molecule has 2 aromatic carbocycles. The zero-order chi connectivity index (χ0) is 18.3. The fraction of sp³-hybridized carbons (Fsp3) is 0.381. The molecule has 0 spiro atoms. The van der Waals surface area contributed by atoms with Crippen molar-refractivity contribution in [1.29, 1.82) is 0 Å². The average molecular weight is 316 g/mol. The molecule has 0 bridgehead atoms. The highest BCUT2D eigenvalue weighted by molar-refractivity contribution is 6.04. The van der Waals surface area contributed by atoms with Gasteiger partial charge in [-0.15, -0.1) is 0 Å². The minimum atomic E-state index is -0.0751. The minimum Gasteiger partial charge on any atom is -0.322 e. The molecule has 0 aliphatic rings. The van der Waals surface area contributed by atoms with Crippen LogP contribution in [0.15, 0.2) is 48.5 Å². The van der Waals surface area contributed by atoms with Crippen molar-refractivity contribution < 1.29 is 4.79 Å². The van der Waals surface area contributed by atoms with Crippen LogP contribution in [0, 0.1) is 13.8 Å². The highest BCUT2D eigenvalue weighted by Gasteiger charge is 2.04. The summed E-state index contributed by atoms with van der Waals surface area (Å²) in [4.78, 5) is 11.9. The third-order valence-corrected chi connectivity index (χ3v) is 2.62.